The van der Waals surface area contributed by atoms with Gasteiger partial charge in [0, 0.05) is 0 Å². The molecule has 0 fully saturated rings. The highest BCUT2D eigenvalue weighted by Crippen LogP contribution is 1.83. The van der Waals surface area contributed by atoms with Gasteiger partial charge in [-0.15, -0.1) is 0 Å². The van der Waals surface area contributed by atoms with Gasteiger partial charge in [-0.1, -0.05) is 74.1 Å². The molecule has 0 spiro atoms. The van der Waals surface area contributed by atoms with E-state index < -0.39 is 0 Å². The first kappa shape index (κ1) is 23.1. The van der Waals surface area contributed by atoms with Gasteiger partial charge in [0.05, 0.1) is 19.6 Å². The third-order valence-corrected chi connectivity index (χ3v) is 2.87. The Morgan fingerprint density at radius 1 is 0.500 bits per heavy atom. The molecule has 0 saturated heterocycles. The predicted molar refractivity (Wildman–Crippen MR) is 87.6 cm³/mol. The van der Waals surface area contributed by atoms with Crippen molar-refractivity contribution < 1.29 is 4.90 Å². The van der Waals surface area contributed by atoms with E-state index in [1.54, 1.807) is 0 Å². The molecule has 0 aliphatic heterocycles. The fourth-order valence-electron chi connectivity index (χ4n) is 1.58. The molecule has 1 heteroatoms. The summed E-state index contributed by atoms with van der Waals surface area (Å²) in [5.41, 5.74) is 0. The van der Waals surface area contributed by atoms with E-state index in [0.717, 1.165) is 0 Å². The van der Waals surface area contributed by atoms with Crippen LogP contribution in [0, 0.1) is 0 Å². The summed E-state index contributed by atoms with van der Waals surface area (Å²) in [5, 5.41) is 0. The topological polar surface area (TPSA) is 4.44 Å². The first-order chi connectivity index (χ1) is 8.76. The third kappa shape index (κ3) is 25.0. The number of nitrogens with one attached hydrogen (secondary N) is 1. The molecule has 114 valence electrons. The summed E-state index contributed by atoms with van der Waals surface area (Å²) >= 11 is 0. The molecule has 0 aromatic carbocycles. The van der Waals surface area contributed by atoms with Crippen LogP contribution in [0.4, 0.5) is 0 Å². The Bertz CT molecular complexity index is 91.8. The molecule has 0 bridgehead atoms. The maximum atomic E-state index is 2.29. The van der Waals surface area contributed by atoms with Crippen LogP contribution in [0.15, 0.2) is 0 Å². The van der Waals surface area contributed by atoms with Crippen molar-refractivity contribution in [1.29, 1.82) is 0 Å². The largest absolute Gasteiger partial charge is 0.335 e. The molecule has 1 nitrogen and oxygen atoms in total. The van der Waals surface area contributed by atoms with Crippen LogP contribution in [-0.4, -0.2) is 19.6 Å². The van der Waals surface area contributed by atoms with Crippen molar-refractivity contribution >= 4 is 0 Å². The van der Waals surface area contributed by atoms with Gasteiger partial charge < -0.3 is 4.90 Å². The van der Waals surface area contributed by atoms with Gasteiger partial charge in [-0.05, 0) is 19.3 Å². The molecule has 0 rings (SSSR count). The van der Waals surface area contributed by atoms with Crippen LogP contribution in [0.3, 0.4) is 0 Å². The van der Waals surface area contributed by atoms with Crippen LogP contribution in [-0.2, 0) is 0 Å². The molecule has 0 atom stereocenters. The maximum absolute atomic E-state index is 2.29. The second kappa shape index (κ2) is 25.7. The Morgan fingerprint density at radius 3 is 1.11 bits per heavy atom. The van der Waals surface area contributed by atoms with Crippen molar-refractivity contribution in [3.8, 4) is 0 Å². The summed E-state index contributed by atoms with van der Waals surface area (Å²) in [6, 6.07) is 0. The number of hydrogen-bond donors (Lipinski definition) is 1. The number of hydrogen-bond acceptors (Lipinski definition) is 0. The molecule has 0 heterocycles. The monoisotopic (exact) mass is 260 g/mol. The van der Waals surface area contributed by atoms with Crippen molar-refractivity contribution in [1.82, 2.24) is 0 Å². The van der Waals surface area contributed by atoms with Crippen LogP contribution < -0.4 is 4.90 Å². The lowest BCUT2D eigenvalue weighted by atomic mass is 10.2. The summed E-state index contributed by atoms with van der Waals surface area (Å²) < 4.78 is 0. The lowest BCUT2D eigenvalue weighted by Gasteiger charge is -2.17. The van der Waals surface area contributed by atoms with E-state index in [1.807, 2.05) is 18.7 Å². The molecule has 1 N–H and O–H groups in total. The lowest BCUT2D eigenvalue weighted by Crippen LogP contribution is -3.12. The molecule has 0 aliphatic rings. The van der Waals surface area contributed by atoms with Gasteiger partial charge in [0.1, 0.15) is 0 Å². The highest BCUT2D eigenvalue weighted by Gasteiger charge is 2.04. The van der Waals surface area contributed by atoms with Crippen molar-refractivity contribution in [2.45, 2.75) is 93.4 Å². The smallest absolute Gasteiger partial charge is 0.0770 e. The Morgan fingerprint density at radius 2 is 0.889 bits per heavy atom. The molecule has 0 aromatic rings. The summed E-state index contributed by atoms with van der Waals surface area (Å²) in [5.74, 6) is 0. The molecule has 0 saturated carbocycles. The summed E-state index contributed by atoms with van der Waals surface area (Å²) in [4.78, 5) is 1.82. The second-order valence-electron chi connectivity index (χ2n) is 4.71. The Labute approximate surface area is 118 Å². The highest BCUT2D eigenvalue weighted by atomic mass is 15.1. The summed E-state index contributed by atoms with van der Waals surface area (Å²) in [7, 11) is 0. The van der Waals surface area contributed by atoms with Gasteiger partial charge >= 0.3 is 0 Å². The average molecular weight is 261 g/mol. The van der Waals surface area contributed by atoms with Crippen LogP contribution in [0.2, 0.25) is 0 Å². The Balaban J connectivity index is -0.000000317. The summed E-state index contributed by atoms with van der Waals surface area (Å²) in [6.07, 6.45) is 9.47. The minimum absolute atomic E-state index is 1.32. The van der Waals surface area contributed by atoms with E-state index in [9.17, 15) is 0 Å². The SMILES string of the molecule is CC.CCCC.CCCC[NH+](CCC)CCCC. The first-order valence-electron chi connectivity index (χ1n) is 8.60. The number of unbranched alkanes of at least 4 members (excludes halogenated alkanes) is 3. The lowest BCUT2D eigenvalue weighted by molar-refractivity contribution is -0.900. The highest BCUT2D eigenvalue weighted by molar-refractivity contribution is 4.35. The Kier molecular flexibility index (Phi) is 33.0. The molecular formula is C17H42N+. The number of rotatable bonds is 9. The van der Waals surface area contributed by atoms with Crippen LogP contribution >= 0.6 is 0 Å². The predicted octanol–water partition coefficient (Wildman–Crippen LogP) is 4.71. The minimum atomic E-state index is 1.32. The Hall–Kier alpha value is -0.0400. The van der Waals surface area contributed by atoms with E-state index in [4.69, 9.17) is 0 Å². The van der Waals surface area contributed by atoms with E-state index in [0.29, 0.717) is 0 Å². The van der Waals surface area contributed by atoms with Crippen molar-refractivity contribution in [3.05, 3.63) is 0 Å². The van der Waals surface area contributed by atoms with Gasteiger partial charge in [-0.25, -0.2) is 0 Å². The van der Waals surface area contributed by atoms with Gasteiger partial charge in [0.15, 0.2) is 0 Å². The van der Waals surface area contributed by atoms with Crippen molar-refractivity contribution in [2.75, 3.05) is 19.6 Å². The maximum Gasteiger partial charge on any atom is 0.0770 e. The molecule has 0 aromatic heterocycles. The van der Waals surface area contributed by atoms with Gasteiger partial charge in [-0.2, -0.15) is 0 Å². The molecule has 18 heavy (non-hydrogen) atoms. The molecule has 0 unspecified atom stereocenters. The second-order valence-corrected chi connectivity index (χ2v) is 4.71. The first-order valence-corrected chi connectivity index (χ1v) is 8.60. The normalized spacial score (nSPS) is 9.33. The standard InChI is InChI=1S/C11H25N.C4H10.C2H6/c1-4-7-10-12(9-6-3)11-8-5-2;1-3-4-2;1-2/h4-11H2,1-3H3;3-4H2,1-2H3;1-2H3/p+1. The zero-order valence-corrected chi connectivity index (χ0v) is 14.6. The van der Waals surface area contributed by atoms with Crippen LogP contribution in [0.5, 0.6) is 0 Å². The van der Waals surface area contributed by atoms with E-state index in [1.165, 1.54) is 64.6 Å². The van der Waals surface area contributed by atoms with E-state index in [2.05, 4.69) is 34.6 Å². The van der Waals surface area contributed by atoms with E-state index >= 15 is 0 Å². The third-order valence-electron chi connectivity index (χ3n) is 2.87. The van der Waals surface area contributed by atoms with Crippen LogP contribution in [0.1, 0.15) is 93.4 Å². The van der Waals surface area contributed by atoms with Crippen molar-refractivity contribution in [2.24, 2.45) is 0 Å². The van der Waals surface area contributed by atoms with Gasteiger partial charge in [0.25, 0.3) is 0 Å². The fourth-order valence-corrected chi connectivity index (χ4v) is 1.58. The van der Waals surface area contributed by atoms with Gasteiger partial charge in [-0.3, -0.25) is 0 Å². The van der Waals surface area contributed by atoms with E-state index in [-0.39, 0.29) is 0 Å². The fraction of sp³-hybridized carbons (Fsp3) is 1.00. The zero-order valence-electron chi connectivity index (χ0n) is 14.6. The minimum Gasteiger partial charge on any atom is -0.335 e. The van der Waals surface area contributed by atoms with Crippen LogP contribution in [0.25, 0.3) is 0 Å². The average Bonchev–Trinajstić information content (AvgIpc) is 2.44. The van der Waals surface area contributed by atoms with Crippen molar-refractivity contribution in [3.63, 3.8) is 0 Å². The quantitative estimate of drug-likeness (QED) is 0.612. The number of quaternary nitrogens is 1. The van der Waals surface area contributed by atoms with Gasteiger partial charge in [0.2, 0.25) is 0 Å². The molecule has 0 aliphatic carbocycles. The molecule has 0 amide bonds. The zero-order chi connectivity index (χ0) is 14.6. The molecule has 0 radical (unpaired) electrons. The summed E-state index contributed by atoms with van der Waals surface area (Å²) in [6.45, 7) is 19.4. The molecular weight excluding hydrogens is 218 g/mol.